The molecule has 0 aliphatic carbocycles. The van der Waals surface area contributed by atoms with E-state index >= 15 is 0 Å². The van der Waals surface area contributed by atoms with Gasteiger partial charge in [-0.1, -0.05) is 30.1 Å². The average molecular weight is 525 g/mol. The number of likely N-dealkylation sites (N-methyl/N-ethyl adjacent to an activating group) is 1. The summed E-state index contributed by atoms with van der Waals surface area (Å²) in [6, 6.07) is 11.5. The van der Waals surface area contributed by atoms with Gasteiger partial charge in [-0.05, 0) is 49.4 Å². The highest BCUT2D eigenvalue weighted by atomic mass is 35.5. The lowest BCUT2D eigenvalue weighted by molar-refractivity contribution is -0.121. The van der Waals surface area contributed by atoms with Crippen LogP contribution in [0.25, 0.3) is 10.9 Å². The molecule has 0 atom stereocenters. The van der Waals surface area contributed by atoms with Crippen LogP contribution in [0.4, 0.5) is 5.69 Å². The molecule has 0 unspecified atom stereocenters. The van der Waals surface area contributed by atoms with E-state index in [1.165, 1.54) is 18.2 Å². The second-order valence-corrected chi connectivity index (χ2v) is 10.0. The third kappa shape index (κ3) is 6.29. The predicted molar refractivity (Wildman–Crippen MR) is 135 cm³/mol. The lowest BCUT2D eigenvalue weighted by Gasteiger charge is -2.20. The molecule has 2 N–H and O–H groups in total. The van der Waals surface area contributed by atoms with Crippen LogP contribution < -0.4 is 15.4 Å². The van der Waals surface area contributed by atoms with Crippen molar-refractivity contribution in [3.05, 3.63) is 58.7 Å². The Morgan fingerprint density at radius 1 is 1.09 bits per heavy atom. The standard InChI is InChI=1S/C23H26Cl2N4O4S/c1-3-29(34(31,32)17-6-8-22(33-4-2)19(25)14-17)15-23(30)28-12-11-27-20-9-10-26-21-13-16(24)5-7-18(20)21/h5-10,13-14H,3-4,11-12,15H2,1-2H3,(H,26,27)(H,28,30). The molecule has 0 spiro atoms. The fraction of sp³-hybridized carbons (Fsp3) is 0.304. The van der Waals surface area contributed by atoms with Crippen molar-refractivity contribution >= 4 is 55.7 Å². The van der Waals surface area contributed by atoms with E-state index in [4.69, 9.17) is 27.9 Å². The van der Waals surface area contributed by atoms with Crippen molar-refractivity contribution in [3.8, 4) is 5.75 Å². The van der Waals surface area contributed by atoms with Crippen LogP contribution in [0.2, 0.25) is 10.0 Å². The van der Waals surface area contributed by atoms with Crippen molar-refractivity contribution in [2.24, 2.45) is 0 Å². The van der Waals surface area contributed by atoms with Gasteiger partial charge in [0.15, 0.2) is 0 Å². The Hall–Kier alpha value is -2.59. The van der Waals surface area contributed by atoms with Gasteiger partial charge in [-0.3, -0.25) is 9.78 Å². The van der Waals surface area contributed by atoms with Gasteiger partial charge >= 0.3 is 0 Å². The molecule has 34 heavy (non-hydrogen) atoms. The van der Waals surface area contributed by atoms with E-state index in [1.807, 2.05) is 19.1 Å². The summed E-state index contributed by atoms with van der Waals surface area (Å²) in [7, 11) is -3.90. The average Bonchev–Trinajstić information content (AvgIpc) is 2.81. The van der Waals surface area contributed by atoms with E-state index in [-0.39, 0.29) is 23.0 Å². The number of rotatable bonds is 11. The summed E-state index contributed by atoms with van der Waals surface area (Å²) in [5.41, 5.74) is 1.63. The van der Waals surface area contributed by atoms with E-state index < -0.39 is 15.9 Å². The van der Waals surface area contributed by atoms with Gasteiger partial charge in [-0.15, -0.1) is 0 Å². The number of aromatic nitrogens is 1. The minimum atomic E-state index is -3.90. The Morgan fingerprint density at radius 2 is 1.88 bits per heavy atom. The third-order valence-corrected chi connectivity index (χ3v) is 7.43. The molecule has 0 saturated carbocycles. The molecule has 0 radical (unpaired) electrons. The van der Waals surface area contributed by atoms with Gasteiger partial charge in [0.2, 0.25) is 15.9 Å². The number of carbonyl (C=O) groups excluding carboxylic acids is 1. The first-order valence-electron chi connectivity index (χ1n) is 10.7. The number of sulfonamides is 1. The highest BCUT2D eigenvalue weighted by Crippen LogP contribution is 2.29. The third-order valence-electron chi connectivity index (χ3n) is 4.98. The number of hydrogen-bond acceptors (Lipinski definition) is 6. The molecular formula is C23H26Cl2N4O4S. The molecule has 0 bridgehead atoms. The molecule has 3 aromatic rings. The van der Waals surface area contributed by atoms with Crippen LogP contribution in [-0.2, 0) is 14.8 Å². The Balaban J connectivity index is 1.57. The molecule has 0 aliphatic heterocycles. The molecular weight excluding hydrogens is 499 g/mol. The number of pyridine rings is 1. The minimum absolute atomic E-state index is 0.00179. The second-order valence-electron chi connectivity index (χ2n) is 7.25. The summed E-state index contributed by atoms with van der Waals surface area (Å²) in [6.07, 6.45) is 1.68. The molecule has 0 fully saturated rings. The summed E-state index contributed by atoms with van der Waals surface area (Å²) in [5.74, 6) is -0.00268. The van der Waals surface area contributed by atoms with Gasteiger partial charge in [0.05, 0.1) is 28.6 Å². The van der Waals surface area contributed by atoms with Crippen molar-refractivity contribution in [1.82, 2.24) is 14.6 Å². The lowest BCUT2D eigenvalue weighted by Crippen LogP contribution is -2.41. The SMILES string of the molecule is CCOc1ccc(S(=O)(=O)N(CC)CC(=O)NCCNc2ccnc3cc(Cl)ccc23)cc1Cl. The molecule has 0 saturated heterocycles. The maximum atomic E-state index is 13.0. The molecule has 1 heterocycles. The topological polar surface area (TPSA) is 101 Å². The number of nitrogens with zero attached hydrogens (tertiary/aromatic N) is 2. The molecule has 8 nitrogen and oxygen atoms in total. The van der Waals surface area contributed by atoms with Crippen LogP contribution in [0.3, 0.4) is 0 Å². The first-order chi connectivity index (χ1) is 16.3. The van der Waals surface area contributed by atoms with E-state index in [0.29, 0.717) is 30.5 Å². The zero-order valence-corrected chi connectivity index (χ0v) is 21.2. The maximum absolute atomic E-state index is 13.0. The van der Waals surface area contributed by atoms with Crippen molar-refractivity contribution in [2.75, 3.05) is 38.1 Å². The number of ether oxygens (including phenoxy) is 1. The van der Waals surface area contributed by atoms with E-state index in [0.717, 1.165) is 20.9 Å². The van der Waals surface area contributed by atoms with Crippen LogP contribution in [0.15, 0.2) is 53.6 Å². The van der Waals surface area contributed by atoms with Crippen LogP contribution >= 0.6 is 23.2 Å². The first-order valence-corrected chi connectivity index (χ1v) is 12.9. The molecule has 182 valence electrons. The highest BCUT2D eigenvalue weighted by Gasteiger charge is 2.26. The van der Waals surface area contributed by atoms with Crippen molar-refractivity contribution in [1.29, 1.82) is 0 Å². The van der Waals surface area contributed by atoms with Gasteiger partial charge in [-0.25, -0.2) is 8.42 Å². The quantitative estimate of drug-likeness (QED) is 0.365. The van der Waals surface area contributed by atoms with Gasteiger partial charge in [0.1, 0.15) is 5.75 Å². The zero-order valence-electron chi connectivity index (χ0n) is 18.8. The fourth-order valence-corrected chi connectivity index (χ4v) is 5.22. The summed E-state index contributed by atoms with van der Waals surface area (Å²) >= 11 is 12.2. The largest absolute Gasteiger partial charge is 0.492 e. The van der Waals surface area contributed by atoms with Gasteiger partial charge in [0, 0.05) is 41.9 Å². The second kappa shape index (κ2) is 11.7. The van der Waals surface area contributed by atoms with Crippen LogP contribution in [-0.4, -0.2) is 56.4 Å². The summed E-state index contributed by atoms with van der Waals surface area (Å²) in [5, 5.41) is 7.71. The van der Waals surface area contributed by atoms with E-state index in [1.54, 1.807) is 25.3 Å². The number of anilines is 1. The number of carbonyl (C=O) groups is 1. The molecule has 0 aliphatic rings. The Morgan fingerprint density at radius 3 is 2.59 bits per heavy atom. The van der Waals surface area contributed by atoms with Gasteiger partial charge in [-0.2, -0.15) is 4.31 Å². The van der Waals surface area contributed by atoms with Crippen molar-refractivity contribution < 1.29 is 17.9 Å². The van der Waals surface area contributed by atoms with Crippen LogP contribution in [0.1, 0.15) is 13.8 Å². The lowest BCUT2D eigenvalue weighted by atomic mass is 10.2. The van der Waals surface area contributed by atoms with E-state index in [9.17, 15) is 13.2 Å². The molecule has 1 aromatic heterocycles. The van der Waals surface area contributed by atoms with Crippen LogP contribution in [0, 0.1) is 0 Å². The summed E-state index contributed by atoms with van der Waals surface area (Å²) in [4.78, 5) is 16.7. The molecule has 11 heteroatoms. The number of fused-ring (bicyclic) bond motifs is 1. The highest BCUT2D eigenvalue weighted by molar-refractivity contribution is 7.89. The monoisotopic (exact) mass is 524 g/mol. The summed E-state index contributed by atoms with van der Waals surface area (Å²) in [6.45, 7) is 4.47. The fourth-order valence-electron chi connectivity index (χ4n) is 3.32. The number of nitrogens with one attached hydrogen (secondary N) is 2. The minimum Gasteiger partial charge on any atom is -0.492 e. The Bertz CT molecular complexity index is 1270. The zero-order chi connectivity index (χ0) is 24.7. The molecule has 3 rings (SSSR count). The van der Waals surface area contributed by atoms with Gasteiger partial charge < -0.3 is 15.4 Å². The number of halogens is 2. The Kier molecular flexibility index (Phi) is 8.96. The van der Waals surface area contributed by atoms with Gasteiger partial charge in [0.25, 0.3) is 0 Å². The van der Waals surface area contributed by atoms with Crippen LogP contribution in [0.5, 0.6) is 5.75 Å². The van der Waals surface area contributed by atoms with Crippen molar-refractivity contribution in [2.45, 2.75) is 18.7 Å². The molecule has 2 aromatic carbocycles. The molecule has 1 amide bonds. The normalized spacial score (nSPS) is 11.6. The Labute approximate surface area is 209 Å². The number of amides is 1. The number of hydrogen-bond donors (Lipinski definition) is 2. The van der Waals surface area contributed by atoms with E-state index in [2.05, 4.69) is 15.6 Å². The predicted octanol–water partition coefficient (Wildman–Crippen LogP) is 4.18. The van der Waals surface area contributed by atoms with Crippen molar-refractivity contribution in [3.63, 3.8) is 0 Å². The summed E-state index contributed by atoms with van der Waals surface area (Å²) < 4.78 is 32.5. The number of benzene rings is 2. The maximum Gasteiger partial charge on any atom is 0.243 e. The smallest absolute Gasteiger partial charge is 0.243 e. The first kappa shape index (κ1) is 26.0.